The number of aromatic amines is 2. The van der Waals surface area contributed by atoms with E-state index in [0.717, 1.165) is 5.56 Å². The second-order valence-electron chi connectivity index (χ2n) is 6.53. The van der Waals surface area contributed by atoms with Crippen molar-refractivity contribution >= 4 is 5.91 Å². The van der Waals surface area contributed by atoms with E-state index >= 15 is 0 Å². The largest absolute Gasteiger partial charge is 0.338 e. The van der Waals surface area contributed by atoms with Crippen LogP contribution in [0, 0.1) is 6.92 Å². The molecule has 0 bridgehead atoms. The zero-order valence-electron chi connectivity index (χ0n) is 14.9. The molecule has 1 aromatic carbocycles. The molecule has 0 aliphatic carbocycles. The normalized spacial score (nSPS) is 15.2. The van der Waals surface area contributed by atoms with Gasteiger partial charge in [-0.25, -0.2) is 4.79 Å². The van der Waals surface area contributed by atoms with Crippen LogP contribution in [0.1, 0.15) is 22.1 Å². The third-order valence-electron chi connectivity index (χ3n) is 4.65. The molecule has 0 radical (unpaired) electrons. The summed E-state index contributed by atoms with van der Waals surface area (Å²) in [5.41, 5.74) is 1.45. The predicted octanol–water partition coefficient (Wildman–Crippen LogP) is 1.02. The Morgan fingerprint density at radius 1 is 1.15 bits per heavy atom. The molecule has 1 aliphatic heterocycles. The quantitative estimate of drug-likeness (QED) is 0.711. The summed E-state index contributed by atoms with van der Waals surface area (Å²) in [5, 5.41) is 4.03. The smallest absolute Gasteiger partial charge is 0.323 e. The van der Waals surface area contributed by atoms with Crippen LogP contribution in [0.15, 0.2) is 39.6 Å². The van der Waals surface area contributed by atoms with E-state index in [0.29, 0.717) is 55.8 Å². The maximum absolute atomic E-state index is 12.5. The molecule has 3 heterocycles. The van der Waals surface area contributed by atoms with Gasteiger partial charge in [0.05, 0.1) is 6.54 Å². The first-order chi connectivity index (χ1) is 13.1. The summed E-state index contributed by atoms with van der Waals surface area (Å²) in [6, 6.07) is 9.68. The van der Waals surface area contributed by atoms with Crippen molar-refractivity contribution in [1.29, 1.82) is 0 Å². The number of nitrogens with zero attached hydrogens (tertiary/aromatic N) is 4. The third-order valence-corrected chi connectivity index (χ3v) is 4.65. The highest BCUT2D eigenvalue weighted by atomic mass is 16.5. The number of aromatic nitrogens is 4. The van der Waals surface area contributed by atoms with Gasteiger partial charge >= 0.3 is 5.69 Å². The van der Waals surface area contributed by atoms with Gasteiger partial charge in [-0.2, -0.15) is 4.98 Å². The Kier molecular flexibility index (Phi) is 4.59. The molecular weight excluding hydrogens is 348 g/mol. The van der Waals surface area contributed by atoms with Crippen LogP contribution in [-0.2, 0) is 6.54 Å². The topological polar surface area (TPSA) is 111 Å². The van der Waals surface area contributed by atoms with Crippen LogP contribution in [0.2, 0.25) is 0 Å². The maximum atomic E-state index is 12.5. The molecule has 2 aromatic heterocycles. The van der Waals surface area contributed by atoms with Gasteiger partial charge < -0.3 is 19.4 Å². The first-order valence-electron chi connectivity index (χ1n) is 8.78. The lowest BCUT2D eigenvalue weighted by Gasteiger charge is -2.33. The lowest BCUT2D eigenvalue weighted by atomic mass is 10.2. The minimum absolute atomic E-state index is 0.158. The Balaban J connectivity index is 1.35. The monoisotopic (exact) mass is 368 g/mol. The van der Waals surface area contributed by atoms with Gasteiger partial charge in [0.15, 0.2) is 0 Å². The minimum Gasteiger partial charge on any atom is -0.338 e. The van der Waals surface area contributed by atoms with E-state index in [9.17, 15) is 9.59 Å². The van der Waals surface area contributed by atoms with E-state index in [1.54, 1.807) is 11.8 Å². The van der Waals surface area contributed by atoms with E-state index < -0.39 is 0 Å². The van der Waals surface area contributed by atoms with Crippen LogP contribution < -0.4 is 5.69 Å². The van der Waals surface area contributed by atoms with Crippen molar-refractivity contribution < 1.29 is 9.32 Å². The lowest BCUT2D eigenvalue weighted by molar-refractivity contribution is 0.0609. The zero-order chi connectivity index (χ0) is 18.8. The van der Waals surface area contributed by atoms with Gasteiger partial charge in [-0.1, -0.05) is 35.5 Å². The second-order valence-corrected chi connectivity index (χ2v) is 6.53. The van der Waals surface area contributed by atoms with E-state index in [1.165, 1.54) is 0 Å². The standard InChI is InChI=1S/C18H20N6O3/c1-12-15(21-18(26)19-12)17(25)24-9-7-23(8-10-24)11-14-20-16(22-27-14)13-5-3-2-4-6-13/h2-6H,7-11H2,1H3,(H2,19,21,26). The molecule has 0 spiro atoms. The average molecular weight is 368 g/mol. The molecule has 9 heteroatoms. The Morgan fingerprint density at radius 2 is 1.89 bits per heavy atom. The minimum atomic E-state index is -0.361. The molecule has 27 heavy (non-hydrogen) atoms. The molecule has 0 saturated carbocycles. The van der Waals surface area contributed by atoms with Crippen LogP contribution in [0.25, 0.3) is 11.4 Å². The van der Waals surface area contributed by atoms with E-state index in [4.69, 9.17) is 4.52 Å². The number of imidazole rings is 1. The first kappa shape index (κ1) is 17.2. The summed E-state index contributed by atoms with van der Waals surface area (Å²) in [6.07, 6.45) is 0. The number of rotatable bonds is 4. The fraction of sp³-hybridized carbons (Fsp3) is 0.333. The molecular formula is C18H20N6O3. The molecule has 1 amide bonds. The number of carbonyl (C=O) groups excluding carboxylic acids is 1. The molecule has 1 saturated heterocycles. The Labute approximate surface area is 155 Å². The van der Waals surface area contributed by atoms with Crippen molar-refractivity contribution in [2.24, 2.45) is 0 Å². The number of piperazine rings is 1. The van der Waals surface area contributed by atoms with Crippen molar-refractivity contribution in [3.05, 3.63) is 58.1 Å². The summed E-state index contributed by atoms with van der Waals surface area (Å²) in [5.74, 6) is 0.973. The summed E-state index contributed by atoms with van der Waals surface area (Å²) >= 11 is 0. The SMILES string of the molecule is Cc1[nH]c(=O)[nH]c1C(=O)N1CCN(Cc2nc(-c3ccccc3)no2)CC1. The number of H-pyrrole nitrogens is 2. The highest BCUT2D eigenvalue weighted by Crippen LogP contribution is 2.16. The first-order valence-corrected chi connectivity index (χ1v) is 8.78. The maximum Gasteiger partial charge on any atom is 0.323 e. The van der Waals surface area contributed by atoms with Crippen LogP contribution in [0.3, 0.4) is 0 Å². The summed E-state index contributed by atoms with van der Waals surface area (Å²) in [6.45, 7) is 4.80. The highest BCUT2D eigenvalue weighted by molar-refractivity contribution is 5.93. The highest BCUT2D eigenvalue weighted by Gasteiger charge is 2.25. The van der Waals surface area contributed by atoms with E-state index in [-0.39, 0.29) is 11.6 Å². The Bertz CT molecular complexity index is 982. The molecule has 1 fully saturated rings. The molecule has 0 unspecified atom stereocenters. The third kappa shape index (κ3) is 3.68. The Hall–Kier alpha value is -3.20. The average Bonchev–Trinajstić information content (AvgIpc) is 3.28. The Morgan fingerprint density at radius 3 is 2.56 bits per heavy atom. The van der Waals surface area contributed by atoms with Crippen molar-refractivity contribution in [3.63, 3.8) is 0 Å². The fourth-order valence-electron chi connectivity index (χ4n) is 3.17. The number of amides is 1. The van der Waals surface area contributed by atoms with Crippen LogP contribution in [0.5, 0.6) is 0 Å². The number of nitrogens with one attached hydrogen (secondary N) is 2. The molecule has 140 valence electrons. The van der Waals surface area contributed by atoms with E-state index in [1.807, 2.05) is 30.3 Å². The van der Waals surface area contributed by atoms with Gasteiger partial charge in [-0.3, -0.25) is 9.69 Å². The van der Waals surface area contributed by atoms with Gasteiger partial charge in [0.2, 0.25) is 11.7 Å². The van der Waals surface area contributed by atoms with Gasteiger partial charge in [-0.05, 0) is 6.92 Å². The van der Waals surface area contributed by atoms with Crippen molar-refractivity contribution in [2.75, 3.05) is 26.2 Å². The number of carbonyl (C=O) groups is 1. The van der Waals surface area contributed by atoms with Crippen LogP contribution in [-0.4, -0.2) is 62.0 Å². The van der Waals surface area contributed by atoms with Crippen LogP contribution in [0.4, 0.5) is 0 Å². The molecule has 3 aromatic rings. The number of benzene rings is 1. The van der Waals surface area contributed by atoms with Gasteiger partial charge in [0.25, 0.3) is 5.91 Å². The van der Waals surface area contributed by atoms with Crippen molar-refractivity contribution in [1.82, 2.24) is 29.9 Å². The van der Waals surface area contributed by atoms with Crippen molar-refractivity contribution in [3.8, 4) is 11.4 Å². The molecule has 9 nitrogen and oxygen atoms in total. The van der Waals surface area contributed by atoms with E-state index in [2.05, 4.69) is 25.0 Å². The molecule has 4 rings (SSSR count). The van der Waals surface area contributed by atoms with Gasteiger partial charge in [0.1, 0.15) is 5.69 Å². The van der Waals surface area contributed by atoms with Gasteiger partial charge in [0, 0.05) is 37.4 Å². The lowest BCUT2D eigenvalue weighted by Crippen LogP contribution is -2.48. The zero-order valence-corrected chi connectivity index (χ0v) is 14.9. The van der Waals surface area contributed by atoms with Crippen LogP contribution >= 0.6 is 0 Å². The fourth-order valence-corrected chi connectivity index (χ4v) is 3.17. The summed E-state index contributed by atoms with van der Waals surface area (Å²) in [7, 11) is 0. The van der Waals surface area contributed by atoms with Crippen molar-refractivity contribution in [2.45, 2.75) is 13.5 Å². The molecule has 1 aliphatic rings. The summed E-state index contributed by atoms with van der Waals surface area (Å²) in [4.78, 5) is 37.4. The number of aryl methyl sites for hydroxylation is 1. The predicted molar refractivity (Wildman–Crippen MR) is 97.1 cm³/mol. The number of hydrogen-bond acceptors (Lipinski definition) is 6. The molecule has 2 N–H and O–H groups in total. The van der Waals surface area contributed by atoms with Gasteiger partial charge in [-0.15, -0.1) is 0 Å². The summed E-state index contributed by atoms with van der Waals surface area (Å²) < 4.78 is 5.36. The molecule has 0 atom stereocenters. The second kappa shape index (κ2) is 7.20. The number of hydrogen-bond donors (Lipinski definition) is 2.